The molecule has 76 valence electrons. The van der Waals surface area contributed by atoms with E-state index in [2.05, 4.69) is 28.6 Å². The summed E-state index contributed by atoms with van der Waals surface area (Å²) in [6.45, 7) is 3.82. The van der Waals surface area contributed by atoms with Crippen molar-refractivity contribution in [2.24, 2.45) is 11.8 Å². The van der Waals surface area contributed by atoms with Gasteiger partial charge in [-0.1, -0.05) is 34.8 Å². The third-order valence-corrected chi connectivity index (χ3v) is 3.77. The lowest BCUT2D eigenvalue weighted by molar-refractivity contribution is 0.264. The van der Waals surface area contributed by atoms with Crippen LogP contribution >= 0.6 is 15.9 Å². The maximum absolute atomic E-state index is 3.82. The molecule has 0 spiro atoms. The second kappa shape index (κ2) is 6.64. The van der Waals surface area contributed by atoms with E-state index in [0.717, 1.165) is 11.8 Å². The predicted molar refractivity (Wildman–Crippen MR) is 63.3 cm³/mol. The summed E-state index contributed by atoms with van der Waals surface area (Å²) in [5.74, 6) is 1.98. The van der Waals surface area contributed by atoms with Gasteiger partial charge >= 0.3 is 0 Å². The number of hydrogen-bond donors (Lipinski definition) is 0. The smallest absolute Gasteiger partial charge is 0.00314 e. The van der Waals surface area contributed by atoms with Crippen LogP contribution in [0.3, 0.4) is 0 Å². The quantitative estimate of drug-likeness (QED) is 0.492. The lowest BCUT2D eigenvalue weighted by Gasteiger charge is -2.27. The fourth-order valence-electron chi connectivity index (χ4n) is 2.36. The zero-order chi connectivity index (χ0) is 9.52. The highest BCUT2D eigenvalue weighted by Crippen LogP contribution is 2.33. The molecule has 1 rings (SSSR count). The first kappa shape index (κ1) is 11.3. The molecular formula is C12H21Br. The largest absolute Gasteiger partial charge is 0.103 e. The Morgan fingerprint density at radius 2 is 1.77 bits per heavy atom. The molecule has 0 aliphatic heterocycles. The third-order valence-electron chi connectivity index (χ3n) is 3.21. The Morgan fingerprint density at radius 1 is 1.15 bits per heavy atom. The third kappa shape index (κ3) is 4.30. The van der Waals surface area contributed by atoms with E-state index in [-0.39, 0.29) is 0 Å². The fourth-order valence-corrected chi connectivity index (χ4v) is 2.68. The fraction of sp³-hybridized carbons (Fsp3) is 0.833. The van der Waals surface area contributed by atoms with Crippen molar-refractivity contribution in [1.29, 1.82) is 0 Å². The number of rotatable bonds is 5. The molecule has 0 unspecified atom stereocenters. The summed E-state index contributed by atoms with van der Waals surface area (Å²) in [6, 6.07) is 0. The Balaban J connectivity index is 2.11. The molecule has 0 aromatic carbocycles. The zero-order valence-electron chi connectivity index (χ0n) is 8.47. The van der Waals surface area contributed by atoms with Crippen molar-refractivity contribution in [2.75, 3.05) is 5.33 Å². The van der Waals surface area contributed by atoms with Gasteiger partial charge < -0.3 is 0 Å². The molecule has 0 aromatic heterocycles. The van der Waals surface area contributed by atoms with Crippen LogP contribution in [0.5, 0.6) is 0 Å². The maximum atomic E-state index is 3.82. The molecule has 1 aliphatic carbocycles. The summed E-state index contributed by atoms with van der Waals surface area (Å²) >= 11 is 3.50. The molecule has 0 radical (unpaired) electrons. The van der Waals surface area contributed by atoms with Crippen LogP contribution in [0.1, 0.15) is 44.9 Å². The SMILES string of the molecule is C=CC[C@H]1CC[C@H](CCCBr)CC1. The number of halogens is 1. The van der Waals surface area contributed by atoms with Gasteiger partial charge in [0.2, 0.25) is 0 Å². The first-order valence-corrected chi connectivity index (χ1v) is 6.65. The van der Waals surface area contributed by atoms with E-state index in [1.54, 1.807) is 0 Å². The standard InChI is InChI=1S/C12H21Br/c1-2-4-11-6-8-12(9-7-11)5-3-10-13/h2,11-12H,1,3-10H2/t11-,12-. The van der Waals surface area contributed by atoms with Gasteiger partial charge in [0.25, 0.3) is 0 Å². The molecule has 0 bridgehead atoms. The van der Waals surface area contributed by atoms with Gasteiger partial charge in [0.1, 0.15) is 0 Å². The van der Waals surface area contributed by atoms with Gasteiger partial charge in [0.05, 0.1) is 0 Å². The Labute approximate surface area is 90.9 Å². The van der Waals surface area contributed by atoms with Crippen LogP contribution in [0.25, 0.3) is 0 Å². The van der Waals surface area contributed by atoms with Crippen molar-refractivity contribution in [3.05, 3.63) is 12.7 Å². The van der Waals surface area contributed by atoms with E-state index in [9.17, 15) is 0 Å². The zero-order valence-corrected chi connectivity index (χ0v) is 10.1. The molecule has 13 heavy (non-hydrogen) atoms. The van der Waals surface area contributed by atoms with Gasteiger partial charge in [-0.15, -0.1) is 6.58 Å². The van der Waals surface area contributed by atoms with Crippen molar-refractivity contribution in [3.63, 3.8) is 0 Å². The lowest BCUT2D eigenvalue weighted by Crippen LogP contribution is -2.14. The molecule has 0 atom stereocenters. The summed E-state index contributed by atoms with van der Waals surface area (Å²) in [4.78, 5) is 0. The highest BCUT2D eigenvalue weighted by molar-refractivity contribution is 9.09. The van der Waals surface area contributed by atoms with Gasteiger partial charge in [-0.2, -0.15) is 0 Å². The highest BCUT2D eigenvalue weighted by Gasteiger charge is 2.19. The van der Waals surface area contributed by atoms with Crippen molar-refractivity contribution in [2.45, 2.75) is 44.9 Å². The van der Waals surface area contributed by atoms with Crippen LogP contribution in [-0.2, 0) is 0 Å². The van der Waals surface area contributed by atoms with E-state index in [0.29, 0.717) is 0 Å². The molecule has 0 aromatic rings. The molecule has 0 N–H and O–H groups in total. The van der Waals surface area contributed by atoms with Gasteiger partial charge in [-0.25, -0.2) is 0 Å². The summed E-state index contributed by atoms with van der Waals surface area (Å²) < 4.78 is 0. The summed E-state index contributed by atoms with van der Waals surface area (Å²) in [5.41, 5.74) is 0. The molecule has 0 saturated heterocycles. The Bertz CT molecular complexity index is 134. The van der Waals surface area contributed by atoms with Crippen molar-refractivity contribution in [3.8, 4) is 0 Å². The number of alkyl halides is 1. The lowest BCUT2D eigenvalue weighted by atomic mass is 9.79. The molecule has 0 amide bonds. The van der Waals surface area contributed by atoms with Gasteiger partial charge in [0.15, 0.2) is 0 Å². The minimum Gasteiger partial charge on any atom is -0.103 e. The van der Waals surface area contributed by atoms with Crippen LogP contribution in [0.4, 0.5) is 0 Å². The van der Waals surface area contributed by atoms with E-state index in [1.165, 1.54) is 50.3 Å². The van der Waals surface area contributed by atoms with E-state index in [4.69, 9.17) is 0 Å². The van der Waals surface area contributed by atoms with Gasteiger partial charge in [-0.3, -0.25) is 0 Å². The van der Waals surface area contributed by atoms with Crippen LogP contribution in [0, 0.1) is 11.8 Å². The van der Waals surface area contributed by atoms with E-state index >= 15 is 0 Å². The van der Waals surface area contributed by atoms with Crippen molar-refractivity contribution >= 4 is 15.9 Å². The van der Waals surface area contributed by atoms with Gasteiger partial charge in [-0.05, 0) is 43.9 Å². The molecule has 1 heteroatoms. The Kier molecular flexibility index (Phi) is 5.77. The molecule has 0 heterocycles. The molecule has 0 nitrogen and oxygen atoms in total. The molecular weight excluding hydrogens is 224 g/mol. The van der Waals surface area contributed by atoms with Crippen LogP contribution in [-0.4, -0.2) is 5.33 Å². The van der Waals surface area contributed by atoms with Gasteiger partial charge in [0, 0.05) is 5.33 Å². The number of allylic oxidation sites excluding steroid dienone is 1. The first-order chi connectivity index (χ1) is 6.36. The summed E-state index contributed by atoms with van der Waals surface area (Å²) in [5, 5.41) is 1.18. The van der Waals surface area contributed by atoms with E-state index in [1.807, 2.05) is 0 Å². The second-order valence-electron chi connectivity index (χ2n) is 4.24. The van der Waals surface area contributed by atoms with Crippen LogP contribution < -0.4 is 0 Å². The predicted octanol–water partition coefficient (Wildman–Crippen LogP) is 4.54. The Morgan fingerprint density at radius 3 is 2.31 bits per heavy atom. The first-order valence-electron chi connectivity index (χ1n) is 5.53. The minimum atomic E-state index is 0.956. The maximum Gasteiger partial charge on any atom is 0.00314 e. The van der Waals surface area contributed by atoms with Crippen molar-refractivity contribution in [1.82, 2.24) is 0 Å². The normalized spacial score (nSPS) is 28.7. The average Bonchev–Trinajstić information content (AvgIpc) is 2.17. The van der Waals surface area contributed by atoms with Crippen LogP contribution in [0.2, 0.25) is 0 Å². The topological polar surface area (TPSA) is 0 Å². The summed E-state index contributed by atoms with van der Waals surface area (Å²) in [7, 11) is 0. The molecule has 1 fully saturated rings. The second-order valence-corrected chi connectivity index (χ2v) is 5.04. The summed E-state index contributed by atoms with van der Waals surface area (Å²) in [6.07, 6.45) is 11.9. The average molecular weight is 245 g/mol. The van der Waals surface area contributed by atoms with Crippen molar-refractivity contribution < 1.29 is 0 Å². The van der Waals surface area contributed by atoms with Crippen LogP contribution in [0.15, 0.2) is 12.7 Å². The number of hydrogen-bond acceptors (Lipinski definition) is 0. The van der Waals surface area contributed by atoms with E-state index < -0.39 is 0 Å². The molecule has 1 aliphatic rings. The minimum absolute atomic E-state index is 0.956. The Hall–Kier alpha value is 0.220. The molecule has 1 saturated carbocycles. The monoisotopic (exact) mass is 244 g/mol. The highest BCUT2D eigenvalue weighted by atomic mass is 79.9.